The molecule has 0 spiro atoms. The van der Waals surface area contributed by atoms with Gasteiger partial charge in [-0.3, -0.25) is 10.7 Å². The molecule has 0 unspecified atom stereocenters. The summed E-state index contributed by atoms with van der Waals surface area (Å²) in [5, 5.41) is 7.95. The zero-order valence-electron chi connectivity index (χ0n) is 8.99. The van der Waals surface area contributed by atoms with Crippen molar-refractivity contribution in [1.82, 2.24) is 0 Å². The monoisotopic (exact) mass is 246 g/mol. The third-order valence-corrected chi connectivity index (χ3v) is 0.776. The molecule has 14 heavy (non-hydrogen) atoms. The molecule has 0 bridgehead atoms. The van der Waals surface area contributed by atoms with E-state index in [1.807, 2.05) is 0 Å². The number of carbonyl (C=O) groups excluding carboxylic acids is 1. The normalized spacial score (nSPS) is 8.64. The molecule has 0 aliphatic carbocycles. The van der Waals surface area contributed by atoms with Crippen LogP contribution in [0.4, 0.5) is 0 Å². The summed E-state index contributed by atoms with van der Waals surface area (Å²) in [7, 11) is 0. The predicted molar refractivity (Wildman–Crippen MR) is 48.8 cm³/mol. The van der Waals surface area contributed by atoms with E-state index >= 15 is 0 Å². The van der Waals surface area contributed by atoms with Gasteiger partial charge in [0.25, 0.3) is 0 Å². The fourth-order valence-corrected chi connectivity index (χ4v) is 0.125. The third-order valence-electron chi connectivity index (χ3n) is 0.776. The molecule has 0 aromatic carbocycles. The van der Waals surface area contributed by atoms with Crippen LogP contribution < -0.4 is 0 Å². The number of carboxylic acid groups (broad SMARTS) is 1. The van der Waals surface area contributed by atoms with Crippen LogP contribution >= 0.6 is 0 Å². The Bertz CT molecular complexity index is 161. The fourth-order valence-electron chi connectivity index (χ4n) is 0.125. The summed E-state index contributed by atoms with van der Waals surface area (Å²) < 4.78 is 4.42. The van der Waals surface area contributed by atoms with Crippen molar-refractivity contribution in [3.63, 3.8) is 0 Å². The molecular weight excluding hydrogens is 231 g/mol. The van der Waals surface area contributed by atoms with E-state index in [-0.39, 0.29) is 22.1 Å². The molecule has 88 valence electrons. The van der Waals surface area contributed by atoms with Crippen LogP contribution in [0.1, 0.15) is 34.6 Å². The van der Waals surface area contributed by atoms with Crippen molar-refractivity contribution in [2.45, 2.75) is 40.2 Å². The van der Waals surface area contributed by atoms with Gasteiger partial charge in [-0.25, -0.2) is 0 Å². The topological polar surface area (TPSA) is 63.6 Å². The van der Waals surface area contributed by atoms with Gasteiger partial charge < -0.3 is 14.6 Å². The summed E-state index contributed by atoms with van der Waals surface area (Å²) in [5.41, 5.74) is -0.373. The molecule has 0 aliphatic rings. The maximum absolute atomic E-state index is 9.66. The first-order valence-electron chi connectivity index (χ1n) is 3.79. The summed E-state index contributed by atoms with van der Waals surface area (Å²) in [5.74, 6) is -0.398. The Morgan fingerprint density at radius 3 is 1.64 bits per heavy atom. The molecule has 0 aromatic heterocycles. The Morgan fingerprint density at radius 1 is 1.36 bits per heavy atom. The summed E-state index contributed by atoms with van der Waals surface area (Å²) in [6.45, 7) is 9.84. The molecule has 1 N–H and O–H groups in total. The average molecular weight is 247 g/mol. The van der Waals surface area contributed by atoms with Gasteiger partial charge in [0.15, 0.2) is 5.97 Å². The third kappa shape index (κ3) is 22.5. The van der Waals surface area contributed by atoms with Crippen LogP contribution in [0, 0.1) is 5.92 Å². The number of aliphatic carboxylic acids is 1. The second kappa shape index (κ2) is 8.88. The zero-order valence-corrected chi connectivity index (χ0v) is 9.98. The first kappa shape index (κ1) is 19.0. The summed E-state index contributed by atoms with van der Waals surface area (Å²) in [6.07, 6.45) is 0. The van der Waals surface area contributed by atoms with Gasteiger partial charge in [-0.15, -0.1) is 0 Å². The summed E-state index contributed by atoms with van der Waals surface area (Å²) in [4.78, 5) is 19.1. The Morgan fingerprint density at radius 2 is 1.64 bits per heavy atom. The number of carbonyl (C=O) groups is 1. The minimum absolute atomic E-state index is 0. The van der Waals surface area contributed by atoms with Crippen LogP contribution in [-0.2, 0) is 30.8 Å². The Labute approximate surface area is 94.9 Å². The van der Waals surface area contributed by atoms with Gasteiger partial charge in [0.05, 0.1) is 5.60 Å². The largest absolute Gasteiger partial charge is 0.649 e. The molecule has 0 saturated carbocycles. The van der Waals surface area contributed by atoms with Crippen LogP contribution in [-0.4, -0.2) is 23.1 Å². The molecule has 0 rings (SSSR count). The van der Waals surface area contributed by atoms with E-state index in [2.05, 4.69) is 4.74 Å². The molecule has 5 heteroatoms. The van der Waals surface area contributed by atoms with Crippen LogP contribution in [0.3, 0.4) is 0 Å². The van der Waals surface area contributed by atoms with Gasteiger partial charge in [-0.05, 0) is 20.8 Å². The molecule has 0 heterocycles. The van der Waals surface area contributed by atoms with Gasteiger partial charge in [-0.1, -0.05) is 6.47 Å². The molecule has 0 fully saturated rings. The van der Waals surface area contributed by atoms with Gasteiger partial charge >= 0.3 is 0 Å². The predicted octanol–water partition coefficient (Wildman–Crippen LogP) is 1.55. The molecule has 0 amide bonds. The van der Waals surface area contributed by atoms with Crippen molar-refractivity contribution in [1.29, 1.82) is 0 Å². The number of rotatable bonds is 2. The van der Waals surface area contributed by atoms with E-state index < -0.39 is 5.97 Å². The van der Waals surface area contributed by atoms with Crippen molar-refractivity contribution in [3.05, 3.63) is 5.92 Å². The average Bonchev–Trinajstić information content (AvgIpc) is 1.85. The molecule has 0 saturated heterocycles. The van der Waals surface area contributed by atoms with Gasteiger partial charge in [0, 0.05) is 16.5 Å². The Balaban J connectivity index is -0.000000163. The Kier molecular flexibility index (Phi) is 12.0. The Hall–Kier alpha value is -0.696. The molecule has 0 atom stereocenters. The molecule has 0 aliphatic heterocycles. The van der Waals surface area contributed by atoms with E-state index in [0.717, 1.165) is 0 Å². The van der Waals surface area contributed by atoms with E-state index in [9.17, 15) is 9.59 Å². The van der Waals surface area contributed by atoms with E-state index in [1.165, 1.54) is 6.47 Å². The standard InChI is InChI=1S/C5H9O2.C4H7O2.Ni/c1-5(2,3)7-4-6;1-3(2)4(5)6;/h1-3H3;1-2H3,(H,5,6);/q2*-1;. The molecule has 4 nitrogen and oxygen atoms in total. The van der Waals surface area contributed by atoms with Gasteiger partial charge in [-0.2, -0.15) is 13.8 Å². The number of ether oxygens (including phenoxy) is 1. The second-order valence-corrected chi connectivity index (χ2v) is 3.60. The van der Waals surface area contributed by atoms with Crippen molar-refractivity contribution in [2.24, 2.45) is 0 Å². The number of carboxylic acids is 1. The van der Waals surface area contributed by atoms with Crippen LogP contribution in [0.5, 0.6) is 0 Å². The van der Waals surface area contributed by atoms with Crippen molar-refractivity contribution in [2.75, 3.05) is 0 Å². The molecule has 0 aromatic rings. The minimum atomic E-state index is -0.824. The van der Waals surface area contributed by atoms with Crippen LogP contribution in [0.2, 0.25) is 0 Å². The fraction of sp³-hybridized carbons (Fsp3) is 0.667. The molecule has 0 radical (unpaired) electrons. The number of hydrogen-bond donors (Lipinski definition) is 1. The maximum Gasteiger partial charge on any atom is 0.166 e. The van der Waals surface area contributed by atoms with Gasteiger partial charge in [0.1, 0.15) is 0 Å². The van der Waals surface area contributed by atoms with E-state index in [4.69, 9.17) is 5.11 Å². The first-order valence-corrected chi connectivity index (χ1v) is 3.79. The zero-order chi connectivity index (χ0) is 11.1. The quantitative estimate of drug-likeness (QED) is 0.593. The summed E-state index contributed by atoms with van der Waals surface area (Å²) >= 11 is 0. The van der Waals surface area contributed by atoms with Crippen molar-refractivity contribution < 1.29 is 35.9 Å². The van der Waals surface area contributed by atoms with Gasteiger partial charge in [0.2, 0.25) is 0 Å². The van der Waals surface area contributed by atoms with Crippen molar-refractivity contribution in [3.8, 4) is 0 Å². The second-order valence-electron chi connectivity index (χ2n) is 3.60. The van der Waals surface area contributed by atoms with E-state index in [1.54, 1.807) is 34.6 Å². The van der Waals surface area contributed by atoms with Crippen LogP contribution in [0.15, 0.2) is 0 Å². The van der Waals surface area contributed by atoms with Crippen LogP contribution in [0.25, 0.3) is 0 Å². The SMILES string of the molecule is CC(C)(C)O[C-]=O.C[C-](C)C(=O)O.[Ni]. The molecular formula is C9H16NiO4-2. The maximum atomic E-state index is 9.66. The smallest absolute Gasteiger partial charge is 0.166 e. The first-order chi connectivity index (χ1) is 5.70. The van der Waals surface area contributed by atoms with Crippen molar-refractivity contribution >= 4 is 12.4 Å². The summed E-state index contributed by atoms with van der Waals surface area (Å²) in [6, 6.07) is 0. The minimum Gasteiger partial charge on any atom is -0.649 e. The number of hydrogen-bond acceptors (Lipinski definition) is 3. The van der Waals surface area contributed by atoms with E-state index in [0.29, 0.717) is 5.92 Å².